The zero-order valence-corrected chi connectivity index (χ0v) is 32.6. The first-order valence-corrected chi connectivity index (χ1v) is 18.4. The third-order valence-corrected chi connectivity index (χ3v) is 10.1. The summed E-state index contributed by atoms with van der Waals surface area (Å²) in [5, 5.41) is 11.7. The molecule has 5 rings (SSSR count). The zero-order valence-electron chi connectivity index (χ0n) is 31.8. The van der Waals surface area contributed by atoms with Gasteiger partial charge in [0.05, 0.1) is 31.5 Å². The van der Waals surface area contributed by atoms with Crippen molar-refractivity contribution in [3.8, 4) is 22.9 Å². The second kappa shape index (κ2) is 15.3. The van der Waals surface area contributed by atoms with E-state index in [1.807, 2.05) is 37.8 Å². The molecule has 14 nitrogen and oxygen atoms in total. The summed E-state index contributed by atoms with van der Waals surface area (Å²) < 4.78 is 22.9. The molecule has 3 aromatic rings. The summed E-state index contributed by atoms with van der Waals surface area (Å²) in [6.45, 7) is 17.3. The Morgan fingerprint density at radius 1 is 1.09 bits per heavy atom. The van der Waals surface area contributed by atoms with E-state index >= 15 is 0 Å². The molecule has 1 aliphatic heterocycles. The molecule has 3 N–H and O–H groups in total. The number of anilines is 1. The molecular weight excluding hydrogens is 701 g/mol. The van der Waals surface area contributed by atoms with Crippen LogP contribution in [0.2, 0.25) is 0 Å². The van der Waals surface area contributed by atoms with Gasteiger partial charge in [0.25, 0.3) is 0 Å². The van der Waals surface area contributed by atoms with Gasteiger partial charge in [0.2, 0.25) is 11.8 Å². The fourth-order valence-corrected chi connectivity index (χ4v) is 7.19. The van der Waals surface area contributed by atoms with Crippen LogP contribution in [-0.4, -0.2) is 95.4 Å². The molecule has 2 aromatic heterocycles. The number of hydrogen-bond donors (Lipinski definition) is 3. The average Bonchev–Trinajstić information content (AvgIpc) is 3.35. The molecule has 3 heterocycles. The van der Waals surface area contributed by atoms with Gasteiger partial charge >= 0.3 is 12.1 Å². The van der Waals surface area contributed by atoms with Gasteiger partial charge in [0.15, 0.2) is 5.13 Å². The highest BCUT2D eigenvalue weighted by molar-refractivity contribution is 7.14. The van der Waals surface area contributed by atoms with Crippen molar-refractivity contribution in [2.75, 3.05) is 32.6 Å². The van der Waals surface area contributed by atoms with Crippen molar-refractivity contribution >= 4 is 51.2 Å². The minimum atomic E-state index is -1.19. The molecule has 1 unspecified atom stereocenters. The average molecular weight is 751 g/mol. The molecule has 1 aliphatic carbocycles. The number of nitrogens with one attached hydrogen (secondary N) is 3. The first kappa shape index (κ1) is 39.4. The van der Waals surface area contributed by atoms with Crippen molar-refractivity contribution in [2.45, 2.75) is 90.6 Å². The molecule has 5 atom stereocenters. The Morgan fingerprint density at radius 3 is 2.43 bits per heavy atom. The van der Waals surface area contributed by atoms with Gasteiger partial charge in [-0.3, -0.25) is 14.5 Å². The highest BCUT2D eigenvalue weighted by Crippen LogP contribution is 2.46. The number of amides is 3. The first-order chi connectivity index (χ1) is 24.8. The second-order valence-electron chi connectivity index (χ2n) is 15.6. The minimum absolute atomic E-state index is 0.232. The van der Waals surface area contributed by atoms with E-state index in [2.05, 4.69) is 27.5 Å². The number of ether oxygens (including phenoxy) is 4. The number of fused-ring (bicyclic) bond motifs is 1. The largest absolute Gasteiger partial charge is 0.497 e. The number of methoxy groups -OCH3 is 2. The van der Waals surface area contributed by atoms with Crippen LogP contribution < -0.4 is 25.4 Å². The maximum absolute atomic E-state index is 14.2. The van der Waals surface area contributed by atoms with E-state index in [9.17, 15) is 19.2 Å². The van der Waals surface area contributed by atoms with Gasteiger partial charge in [-0.05, 0) is 44.7 Å². The van der Waals surface area contributed by atoms with E-state index in [-0.39, 0.29) is 24.2 Å². The molecule has 286 valence electrons. The van der Waals surface area contributed by atoms with E-state index in [4.69, 9.17) is 23.9 Å². The van der Waals surface area contributed by atoms with E-state index < -0.39 is 46.8 Å². The zero-order chi connectivity index (χ0) is 38.9. The fraction of sp³-hybridized carbons (Fsp3) is 0.526. The number of aromatic nitrogens is 2. The smallest absolute Gasteiger partial charge is 0.407 e. The molecule has 0 radical (unpaired) electrons. The van der Waals surface area contributed by atoms with E-state index in [0.29, 0.717) is 53.0 Å². The predicted octanol–water partition coefficient (Wildman–Crippen LogP) is 5.32. The number of hydrogen-bond acceptors (Lipinski definition) is 12. The Balaban J connectivity index is 1.48. The molecule has 2 aliphatic rings. The van der Waals surface area contributed by atoms with Gasteiger partial charge in [-0.2, -0.15) is 0 Å². The lowest BCUT2D eigenvalue weighted by molar-refractivity contribution is -0.147. The van der Waals surface area contributed by atoms with Gasteiger partial charge in [0.1, 0.15) is 34.4 Å². The van der Waals surface area contributed by atoms with Crippen LogP contribution in [0.4, 0.5) is 9.93 Å². The highest BCUT2D eigenvalue weighted by Gasteiger charge is 2.61. The highest BCUT2D eigenvalue weighted by atomic mass is 32.1. The van der Waals surface area contributed by atoms with Gasteiger partial charge in [0, 0.05) is 61.3 Å². The van der Waals surface area contributed by atoms with Crippen LogP contribution in [0, 0.1) is 11.3 Å². The van der Waals surface area contributed by atoms with Crippen molar-refractivity contribution in [1.29, 1.82) is 0 Å². The number of rotatable bonds is 12. The van der Waals surface area contributed by atoms with Crippen LogP contribution in [0.25, 0.3) is 22.3 Å². The number of carbonyl (C=O) groups is 4. The number of esters is 1. The van der Waals surface area contributed by atoms with Gasteiger partial charge < -0.3 is 34.9 Å². The summed E-state index contributed by atoms with van der Waals surface area (Å²) >= 11 is 1.28. The van der Waals surface area contributed by atoms with Crippen LogP contribution in [-0.2, 0) is 23.9 Å². The maximum Gasteiger partial charge on any atom is 0.407 e. The van der Waals surface area contributed by atoms with Gasteiger partial charge in [-0.15, -0.1) is 17.9 Å². The van der Waals surface area contributed by atoms with Crippen LogP contribution >= 0.6 is 11.3 Å². The summed E-state index contributed by atoms with van der Waals surface area (Å²) in [4.78, 5) is 63.1. The number of carbonyl (C=O) groups excluding carboxylic acids is 4. The molecule has 3 amide bonds. The fourth-order valence-electron chi connectivity index (χ4n) is 6.44. The van der Waals surface area contributed by atoms with E-state index in [1.54, 1.807) is 51.5 Å². The molecule has 1 saturated carbocycles. The van der Waals surface area contributed by atoms with Crippen LogP contribution in [0.1, 0.15) is 61.3 Å². The predicted molar refractivity (Wildman–Crippen MR) is 202 cm³/mol. The lowest BCUT2D eigenvalue weighted by Gasteiger charge is -2.36. The molecule has 15 heteroatoms. The molecule has 0 spiro atoms. The number of benzene rings is 1. The minimum Gasteiger partial charge on any atom is -0.497 e. The molecule has 1 aromatic carbocycles. The van der Waals surface area contributed by atoms with Crippen molar-refractivity contribution < 1.29 is 38.1 Å². The Labute approximate surface area is 314 Å². The number of nitrogens with zero attached hydrogens (tertiary/aromatic N) is 3. The van der Waals surface area contributed by atoms with E-state index in [1.165, 1.54) is 25.4 Å². The van der Waals surface area contributed by atoms with Gasteiger partial charge in [-0.1, -0.05) is 26.8 Å². The summed E-state index contributed by atoms with van der Waals surface area (Å²) in [7, 11) is 2.87. The van der Waals surface area contributed by atoms with E-state index in [0.717, 1.165) is 5.39 Å². The number of alkyl carbamates (subject to hydrolysis) is 1. The van der Waals surface area contributed by atoms with Crippen molar-refractivity contribution in [3.63, 3.8) is 0 Å². The second-order valence-corrected chi connectivity index (χ2v) is 16.5. The Morgan fingerprint density at radius 2 is 1.83 bits per heavy atom. The summed E-state index contributed by atoms with van der Waals surface area (Å²) in [6.07, 6.45) is 1.28. The van der Waals surface area contributed by atoms with Crippen LogP contribution in [0.5, 0.6) is 11.5 Å². The maximum atomic E-state index is 14.2. The van der Waals surface area contributed by atoms with Crippen molar-refractivity contribution in [2.24, 2.45) is 11.3 Å². The Hall–Kier alpha value is -4.76. The normalized spacial score (nSPS) is 22.0. The topological polar surface area (TPSA) is 170 Å². The number of pyridine rings is 1. The summed E-state index contributed by atoms with van der Waals surface area (Å²) in [5.74, 6) is -0.239. The quantitative estimate of drug-likeness (QED) is 0.162. The lowest BCUT2D eigenvalue weighted by atomic mass is 9.86. The summed E-state index contributed by atoms with van der Waals surface area (Å²) in [6, 6.07) is 6.14. The Kier molecular flexibility index (Phi) is 11.4. The molecule has 1 saturated heterocycles. The lowest BCUT2D eigenvalue weighted by Crippen LogP contribution is -2.56. The Bertz CT molecular complexity index is 1880. The monoisotopic (exact) mass is 750 g/mol. The number of likely N-dealkylation sites (tertiary alicyclic amines) is 1. The van der Waals surface area contributed by atoms with Crippen molar-refractivity contribution in [1.82, 2.24) is 25.5 Å². The van der Waals surface area contributed by atoms with Gasteiger partial charge in [-0.25, -0.2) is 19.6 Å². The molecule has 53 heavy (non-hydrogen) atoms. The molecule has 0 bridgehead atoms. The number of thiazole rings is 1. The van der Waals surface area contributed by atoms with Crippen LogP contribution in [0.3, 0.4) is 0 Å². The van der Waals surface area contributed by atoms with Crippen LogP contribution in [0.15, 0.2) is 42.3 Å². The first-order valence-electron chi connectivity index (χ1n) is 17.5. The van der Waals surface area contributed by atoms with Crippen molar-refractivity contribution in [3.05, 3.63) is 42.3 Å². The third-order valence-electron chi connectivity index (χ3n) is 9.34. The molecule has 2 fully saturated rings. The molecular formula is C38H50N6O8S. The third kappa shape index (κ3) is 9.25. The summed E-state index contributed by atoms with van der Waals surface area (Å²) in [5.41, 5.74) is -0.627. The standard InChI is InChI=1S/C38H50N6O8S/c1-11-22-17-38(22,33(47)50-10)43-32(46)29-15-24(18-44(29)19-31(36(3,4)5)42-35(48)52-37(6,7)8)51-30-16-27(28-20-53-34(41-28)39-21(2)45)40-26-14-23(49-9)12-13-25(26)30/h11-14,16,20,22,24,29,31H,1,15,17-19H2,2-10H3,(H,42,48)(H,43,46)(H,39,41,45)/t22-,24?,29-,31+,38+/m0/s1. The SMILES string of the molecule is C=C[C@H]1C[C@]1(NC(=O)[C@@H]1CC(Oc2cc(-c3csc(NC(C)=O)n3)nc3cc(OC)ccc23)CN1C[C@@H](NC(=O)OC(C)(C)C)C(C)(C)C)C(=O)OC.